The molecular weight excluding hydrogens is 229 g/mol. The van der Waals surface area contributed by atoms with Crippen molar-refractivity contribution in [2.24, 2.45) is 5.92 Å². The Morgan fingerprint density at radius 1 is 1.29 bits per heavy atom. The van der Waals surface area contributed by atoms with Crippen LogP contribution in [0.1, 0.15) is 43.9 Å². The van der Waals surface area contributed by atoms with E-state index in [1.54, 1.807) is 0 Å². The molecule has 1 aromatic carbocycles. The lowest BCUT2D eigenvalue weighted by Gasteiger charge is -2.16. The average molecular weight is 246 g/mol. The fourth-order valence-corrected chi connectivity index (χ4v) is 1.61. The molecule has 2 atom stereocenters. The van der Waals surface area contributed by atoms with Crippen molar-refractivity contribution < 1.29 is 18.3 Å². The first kappa shape index (κ1) is 14.0. The van der Waals surface area contributed by atoms with Gasteiger partial charge in [0, 0.05) is 0 Å². The van der Waals surface area contributed by atoms with Gasteiger partial charge >= 0.3 is 6.18 Å². The molecule has 0 aromatic heterocycles. The average Bonchev–Trinajstić information content (AvgIpc) is 2.28. The van der Waals surface area contributed by atoms with E-state index in [1.807, 2.05) is 13.8 Å². The largest absolute Gasteiger partial charge is 0.416 e. The Kier molecular flexibility index (Phi) is 4.57. The van der Waals surface area contributed by atoms with Crippen molar-refractivity contribution >= 4 is 0 Å². The maximum atomic E-state index is 12.5. The quantitative estimate of drug-likeness (QED) is 0.845. The second-order valence-electron chi connectivity index (χ2n) is 4.39. The highest BCUT2D eigenvalue weighted by atomic mass is 19.4. The Morgan fingerprint density at radius 2 is 1.94 bits per heavy atom. The molecule has 96 valence electrons. The van der Waals surface area contributed by atoms with E-state index >= 15 is 0 Å². The summed E-state index contributed by atoms with van der Waals surface area (Å²) in [6.45, 7) is 3.96. The molecule has 1 N–H and O–H groups in total. The number of rotatable bonds is 4. The van der Waals surface area contributed by atoms with E-state index in [-0.39, 0.29) is 0 Å². The molecule has 0 aliphatic heterocycles. The third-order valence-electron chi connectivity index (χ3n) is 2.92. The minimum Gasteiger partial charge on any atom is -0.388 e. The summed E-state index contributed by atoms with van der Waals surface area (Å²) in [6, 6.07) is 4.90. The van der Waals surface area contributed by atoms with Gasteiger partial charge < -0.3 is 5.11 Å². The Hall–Kier alpha value is -1.03. The zero-order valence-electron chi connectivity index (χ0n) is 9.96. The number of halogens is 3. The van der Waals surface area contributed by atoms with E-state index in [2.05, 4.69) is 0 Å². The number of aliphatic hydroxyl groups is 1. The van der Waals surface area contributed by atoms with Gasteiger partial charge in [0.1, 0.15) is 0 Å². The second-order valence-corrected chi connectivity index (χ2v) is 4.39. The van der Waals surface area contributed by atoms with Crippen molar-refractivity contribution in [3.05, 3.63) is 35.4 Å². The van der Waals surface area contributed by atoms with Crippen LogP contribution in [0.15, 0.2) is 24.3 Å². The van der Waals surface area contributed by atoms with Crippen LogP contribution in [0.25, 0.3) is 0 Å². The van der Waals surface area contributed by atoms with E-state index in [0.717, 1.165) is 18.6 Å². The van der Waals surface area contributed by atoms with Gasteiger partial charge in [-0.2, -0.15) is 13.2 Å². The Bertz CT molecular complexity index is 360. The van der Waals surface area contributed by atoms with Gasteiger partial charge in [0.2, 0.25) is 0 Å². The van der Waals surface area contributed by atoms with Gasteiger partial charge in [-0.15, -0.1) is 0 Å². The van der Waals surface area contributed by atoms with Gasteiger partial charge in [-0.05, 0) is 30.0 Å². The lowest BCUT2D eigenvalue weighted by atomic mass is 9.95. The number of hydrogen-bond acceptors (Lipinski definition) is 1. The highest BCUT2D eigenvalue weighted by Crippen LogP contribution is 2.32. The molecular formula is C13H17F3O. The number of hydrogen-bond donors (Lipinski definition) is 1. The zero-order valence-corrected chi connectivity index (χ0v) is 9.96. The monoisotopic (exact) mass is 246 g/mol. The van der Waals surface area contributed by atoms with Crippen LogP contribution in [0.3, 0.4) is 0 Å². The molecule has 0 heterocycles. The summed E-state index contributed by atoms with van der Waals surface area (Å²) in [5, 5.41) is 9.84. The summed E-state index contributed by atoms with van der Waals surface area (Å²) in [6.07, 6.45) is -3.80. The summed E-state index contributed by atoms with van der Waals surface area (Å²) in [5.74, 6) is 0.291. The molecule has 0 aliphatic carbocycles. The van der Waals surface area contributed by atoms with E-state index < -0.39 is 17.8 Å². The summed E-state index contributed by atoms with van der Waals surface area (Å²) < 4.78 is 37.4. The van der Waals surface area contributed by atoms with Crippen molar-refractivity contribution in [2.45, 2.75) is 39.0 Å². The van der Waals surface area contributed by atoms with Gasteiger partial charge in [0.15, 0.2) is 0 Å². The van der Waals surface area contributed by atoms with Crippen LogP contribution in [0.5, 0.6) is 0 Å². The molecule has 1 aromatic rings. The van der Waals surface area contributed by atoms with Crippen molar-refractivity contribution in [1.82, 2.24) is 0 Å². The van der Waals surface area contributed by atoms with Gasteiger partial charge in [-0.25, -0.2) is 0 Å². The highest BCUT2D eigenvalue weighted by molar-refractivity contribution is 5.27. The number of benzene rings is 1. The van der Waals surface area contributed by atoms with Gasteiger partial charge in [-0.1, -0.05) is 32.4 Å². The van der Waals surface area contributed by atoms with E-state index in [4.69, 9.17) is 0 Å². The van der Waals surface area contributed by atoms with Crippen LogP contribution in [0, 0.1) is 5.92 Å². The smallest absolute Gasteiger partial charge is 0.388 e. The van der Waals surface area contributed by atoms with Crippen molar-refractivity contribution in [3.8, 4) is 0 Å². The van der Waals surface area contributed by atoms with Crippen molar-refractivity contribution in [2.75, 3.05) is 0 Å². The maximum Gasteiger partial charge on any atom is 0.416 e. The summed E-state index contributed by atoms with van der Waals surface area (Å²) in [7, 11) is 0. The van der Waals surface area contributed by atoms with Crippen LogP contribution < -0.4 is 0 Å². The highest BCUT2D eigenvalue weighted by Gasteiger charge is 2.30. The van der Waals surface area contributed by atoms with Crippen LogP contribution in [-0.2, 0) is 6.18 Å². The molecule has 1 rings (SSSR count). The standard InChI is InChI=1S/C13H17F3O/c1-3-9(2)7-12(17)10-5-4-6-11(8-10)13(14,15)16/h4-6,8-9,12,17H,3,7H2,1-2H3. The molecule has 2 unspecified atom stereocenters. The molecule has 4 heteroatoms. The molecule has 0 saturated carbocycles. The molecule has 17 heavy (non-hydrogen) atoms. The predicted octanol–water partition coefficient (Wildman–Crippen LogP) is 4.18. The molecule has 0 amide bonds. The van der Waals surface area contributed by atoms with Crippen LogP contribution in [0.2, 0.25) is 0 Å². The lowest BCUT2D eigenvalue weighted by Crippen LogP contribution is -2.08. The van der Waals surface area contributed by atoms with Crippen molar-refractivity contribution in [1.29, 1.82) is 0 Å². The van der Waals surface area contributed by atoms with Crippen LogP contribution >= 0.6 is 0 Å². The normalized spacial score (nSPS) is 15.6. The zero-order chi connectivity index (χ0) is 13.1. The first-order valence-corrected chi connectivity index (χ1v) is 5.69. The lowest BCUT2D eigenvalue weighted by molar-refractivity contribution is -0.137. The second kappa shape index (κ2) is 5.54. The first-order chi connectivity index (χ1) is 7.84. The summed E-state index contributed by atoms with van der Waals surface area (Å²) in [5.41, 5.74) is -0.377. The number of alkyl halides is 3. The first-order valence-electron chi connectivity index (χ1n) is 5.69. The van der Waals surface area contributed by atoms with E-state index in [1.165, 1.54) is 12.1 Å². The Balaban J connectivity index is 2.84. The van der Waals surface area contributed by atoms with Crippen molar-refractivity contribution in [3.63, 3.8) is 0 Å². The Labute approximate surface area is 99.3 Å². The molecule has 0 saturated heterocycles. The summed E-state index contributed by atoms with van der Waals surface area (Å²) >= 11 is 0. The predicted molar refractivity (Wildman–Crippen MR) is 60.5 cm³/mol. The fourth-order valence-electron chi connectivity index (χ4n) is 1.61. The SMILES string of the molecule is CCC(C)CC(O)c1cccc(C(F)(F)F)c1. The molecule has 0 radical (unpaired) electrons. The number of aliphatic hydroxyl groups excluding tert-OH is 1. The third kappa shape index (κ3) is 4.04. The van der Waals surface area contributed by atoms with Gasteiger partial charge in [0.05, 0.1) is 11.7 Å². The van der Waals surface area contributed by atoms with Gasteiger partial charge in [0.25, 0.3) is 0 Å². The molecule has 1 nitrogen and oxygen atoms in total. The Morgan fingerprint density at radius 3 is 2.47 bits per heavy atom. The topological polar surface area (TPSA) is 20.2 Å². The van der Waals surface area contributed by atoms with Crippen LogP contribution in [0.4, 0.5) is 13.2 Å². The molecule has 0 fully saturated rings. The maximum absolute atomic E-state index is 12.5. The minimum absolute atomic E-state index is 0.291. The van der Waals surface area contributed by atoms with E-state index in [9.17, 15) is 18.3 Å². The third-order valence-corrected chi connectivity index (χ3v) is 2.92. The van der Waals surface area contributed by atoms with Crippen LogP contribution in [-0.4, -0.2) is 5.11 Å². The molecule has 0 bridgehead atoms. The molecule has 0 spiro atoms. The summed E-state index contributed by atoms with van der Waals surface area (Å²) in [4.78, 5) is 0. The minimum atomic E-state index is -4.36. The van der Waals surface area contributed by atoms with E-state index in [0.29, 0.717) is 17.9 Å². The van der Waals surface area contributed by atoms with Gasteiger partial charge in [-0.3, -0.25) is 0 Å². The fraction of sp³-hybridized carbons (Fsp3) is 0.538. The molecule has 0 aliphatic rings.